The first-order chi connectivity index (χ1) is 7.42. The van der Waals surface area contributed by atoms with Crippen molar-refractivity contribution in [3.8, 4) is 0 Å². The molecule has 0 amide bonds. The van der Waals surface area contributed by atoms with Gasteiger partial charge in [0.1, 0.15) is 5.69 Å². The zero-order valence-corrected chi connectivity index (χ0v) is 9.65. The molecule has 0 spiro atoms. The lowest BCUT2D eigenvalue weighted by atomic mass is 10.2. The van der Waals surface area contributed by atoms with Gasteiger partial charge in [0, 0.05) is 6.20 Å². The van der Waals surface area contributed by atoms with Crippen LogP contribution < -0.4 is 0 Å². The van der Waals surface area contributed by atoms with Crippen molar-refractivity contribution in [2.75, 3.05) is 13.4 Å². The summed E-state index contributed by atoms with van der Waals surface area (Å²) in [7, 11) is -2.22. The molecule has 1 aromatic heterocycles. The summed E-state index contributed by atoms with van der Waals surface area (Å²) in [6.45, 7) is -0.104. The summed E-state index contributed by atoms with van der Waals surface area (Å²) < 4.78 is 30.4. The SMILES string of the molecule is COC(=O)c1ccc(COS(C)(=O)=O)cn1. The van der Waals surface area contributed by atoms with Crippen molar-refractivity contribution < 1.29 is 22.1 Å². The van der Waals surface area contributed by atoms with Gasteiger partial charge in [0.15, 0.2) is 0 Å². The predicted octanol–water partition coefficient (Wildman–Crippen LogP) is 0.344. The maximum absolute atomic E-state index is 11.0. The van der Waals surface area contributed by atoms with Crippen molar-refractivity contribution in [3.63, 3.8) is 0 Å². The summed E-state index contributed by atoms with van der Waals surface area (Å²) in [6, 6.07) is 2.98. The number of carbonyl (C=O) groups is 1. The van der Waals surface area contributed by atoms with Crippen LogP contribution >= 0.6 is 0 Å². The van der Waals surface area contributed by atoms with Crippen molar-refractivity contribution in [1.29, 1.82) is 0 Å². The smallest absolute Gasteiger partial charge is 0.356 e. The highest BCUT2D eigenvalue weighted by Gasteiger charge is 2.07. The molecule has 0 fully saturated rings. The van der Waals surface area contributed by atoms with Crippen LogP contribution in [0.5, 0.6) is 0 Å². The molecule has 0 aliphatic rings. The standard InChI is InChI=1S/C9H11NO5S/c1-14-9(11)8-4-3-7(5-10-8)6-15-16(2,12)13/h3-5H,6H2,1-2H3. The zero-order valence-electron chi connectivity index (χ0n) is 8.84. The molecule has 0 saturated heterocycles. The Morgan fingerprint density at radius 1 is 1.44 bits per heavy atom. The number of esters is 1. The number of rotatable bonds is 4. The topological polar surface area (TPSA) is 82.6 Å². The van der Waals surface area contributed by atoms with Crippen molar-refractivity contribution in [2.24, 2.45) is 0 Å². The molecule has 1 heterocycles. The van der Waals surface area contributed by atoms with Crippen LogP contribution in [-0.4, -0.2) is 32.7 Å². The molecule has 0 bridgehead atoms. The number of methoxy groups -OCH3 is 1. The lowest BCUT2D eigenvalue weighted by molar-refractivity contribution is 0.0594. The minimum absolute atomic E-state index is 0.104. The van der Waals surface area contributed by atoms with Gasteiger partial charge in [-0.05, 0) is 11.6 Å². The van der Waals surface area contributed by atoms with Gasteiger partial charge in [0.05, 0.1) is 20.0 Å². The Balaban J connectivity index is 2.69. The Labute approximate surface area is 93.3 Å². The van der Waals surface area contributed by atoms with Crippen molar-refractivity contribution in [3.05, 3.63) is 29.6 Å². The lowest BCUT2D eigenvalue weighted by Gasteiger charge is -2.02. The molecular weight excluding hydrogens is 234 g/mol. The summed E-state index contributed by atoms with van der Waals surface area (Å²) in [5.74, 6) is -0.546. The summed E-state index contributed by atoms with van der Waals surface area (Å²) in [4.78, 5) is 14.8. The Morgan fingerprint density at radius 3 is 2.56 bits per heavy atom. The van der Waals surface area contributed by atoms with E-state index in [1.165, 1.54) is 19.4 Å². The molecule has 0 saturated carbocycles. The second kappa shape index (κ2) is 5.04. The molecule has 16 heavy (non-hydrogen) atoms. The van der Waals surface area contributed by atoms with Gasteiger partial charge in [-0.3, -0.25) is 4.18 Å². The first-order valence-electron chi connectivity index (χ1n) is 4.30. The van der Waals surface area contributed by atoms with Gasteiger partial charge in [-0.1, -0.05) is 6.07 Å². The van der Waals surface area contributed by atoms with Gasteiger partial charge >= 0.3 is 5.97 Å². The van der Waals surface area contributed by atoms with Gasteiger partial charge < -0.3 is 4.74 Å². The molecule has 1 rings (SSSR count). The Bertz CT molecular complexity index is 465. The van der Waals surface area contributed by atoms with Crippen LogP contribution in [0.15, 0.2) is 18.3 Å². The second-order valence-electron chi connectivity index (χ2n) is 3.01. The minimum Gasteiger partial charge on any atom is -0.464 e. The van der Waals surface area contributed by atoms with E-state index in [0.717, 1.165) is 6.26 Å². The minimum atomic E-state index is -3.47. The molecule has 6 nitrogen and oxygen atoms in total. The number of hydrogen-bond acceptors (Lipinski definition) is 6. The number of carbonyl (C=O) groups excluding carboxylic acids is 1. The highest BCUT2D eigenvalue weighted by molar-refractivity contribution is 7.85. The number of pyridine rings is 1. The summed E-state index contributed by atoms with van der Waals surface area (Å²) in [6.07, 6.45) is 2.32. The normalized spacial score (nSPS) is 11.1. The van der Waals surface area contributed by atoms with Crippen LogP contribution in [0.4, 0.5) is 0 Å². The van der Waals surface area contributed by atoms with E-state index in [1.54, 1.807) is 6.07 Å². The molecular formula is C9H11NO5S. The first-order valence-corrected chi connectivity index (χ1v) is 6.11. The van der Waals surface area contributed by atoms with E-state index in [1.807, 2.05) is 0 Å². The van der Waals surface area contributed by atoms with E-state index < -0.39 is 16.1 Å². The summed E-state index contributed by atoms with van der Waals surface area (Å²) >= 11 is 0. The summed E-state index contributed by atoms with van der Waals surface area (Å²) in [5, 5.41) is 0. The van der Waals surface area contributed by atoms with Gasteiger partial charge in [0.2, 0.25) is 0 Å². The average molecular weight is 245 g/mol. The van der Waals surface area contributed by atoms with E-state index in [2.05, 4.69) is 13.9 Å². The largest absolute Gasteiger partial charge is 0.464 e. The molecule has 0 N–H and O–H groups in total. The molecule has 0 aliphatic carbocycles. The molecule has 88 valence electrons. The summed E-state index contributed by atoms with van der Waals surface area (Å²) in [5.41, 5.74) is 0.712. The lowest BCUT2D eigenvalue weighted by Crippen LogP contribution is -2.06. The van der Waals surface area contributed by atoms with Gasteiger partial charge in [-0.2, -0.15) is 8.42 Å². The fourth-order valence-corrected chi connectivity index (χ4v) is 1.26. The van der Waals surface area contributed by atoms with Crippen molar-refractivity contribution >= 4 is 16.1 Å². The third-order valence-electron chi connectivity index (χ3n) is 1.66. The third-order valence-corrected chi connectivity index (χ3v) is 2.20. The van der Waals surface area contributed by atoms with Crippen LogP contribution in [0, 0.1) is 0 Å². The molecule has 0 aliphatic heterocycles. The molecule has 0 atom stereocenters. The maximum Gasteiger partial charge on any atom is 0.356 e. The Morgan fingerprint density at radius 2 is 2.12 bits per heavy atom. The van der Waals surface area contributed by atoms with E-state index in [9.17, 15) is 13.2 Å². The van der Waals surface area contributed by atoms with Crippen LogP contribution in [-0.2, 0) is 25.6 Å². The maximum atomic E-state index is 11.0. The molecule has 0 aromatic carbocycles. The highest BCUT2D eigenvalue weighted by atomic mass is 32.2. The van der Waals surface area contributed by atoms with Crippen LogP contribution in [0.2, 0.25) is 0 Å². The first kappa shape index (κ1) is 12.6. The fraction of sp³-hybridized carbons (Fsp3) is 0.333. The van der Waals surface area contributed by atoms with E-state index in [4.69, 9.17) is 0 Å². The van der Waals surface area contributed by atoms with E-state index in [-0.39, 0.29) is 12.3 Å². The van der Waals surface area contributed by atoms with Crippen molar-refractivity contribution in [1.82, 2.24) is 4.98 Å². The van der Waals surface area contributed by atoms with Gasteiger partial charge in [0.25, 0.3) is 10.1 Å². The monoisotopic (exact) mass is 245 g/mol. The zero-order chi connectivity index (χ0) is 12.2. The van der Waals surface area contributed by atoms with Crippen LogP contribution in [0.1, 0.15) is 16.1 Å². The highest BCUT2D eigenvalue weighted by Crippen LogP contribution is 2.04. The number of hydrogen-bond donors (Lipinski definition) is 0. The number of nitrogens with zero attached hydrogens (tertiary/aromatic N) is 1. The quantitative estimate of drug-likeness (QED) is 0.562. The average Bonchev–Trinajstić information content (AvgIpc) is 2.25. The van der Waals surface area contributed by atoms with E-state index in [0.29, 0.717) is 5.56 Å². The van der Waals surface area contributed by atoms with Crippen LogP contribution in [0.3, 0.4) is 0 Å². The molecule has 0 unspecified atom stereocenters. The van der Waals surface area contributed by atoms with Crippen LogP contribution in [0.25, 0.3) is 0 Å². The number of ether oxygens (including phenoxy) is 1. The van der Waals surface area contributed by atoms with Gasteiger partial charge in [-0.25, -0.2) is 9.78 Å². The molecule has 7 heteroatoms. The predicted molar refractivity (Wildman–Crippen MR) is 55.2 cm³/mol. The second-order valence-corrected chi connectivity index (χ2v) is 4.65. The Kier molecular flexibility index (Phi) is 3.97. The van der Waals surface area contributed by atoms with Crippen molar-refractivity contribution in [2.45, 2.75) is 6.61 Å². The third kappa shape index (κ3) is 3.95. The Hall–Kier alpha value is -1.47. The van der Waals surface area contributed by atoms with Gasteiger partial charge in [-0.15, -0.1) is 0 Å². The number of aromatic nitrogens is 1. The molecule has 1 aromatic rings. The fourth-order valence-electron chi connectivity index (χ4n) is 0.910. The van der Waals surface area contributed by atoms with E-state index >= 15 is 0 Å². The molecule has 0 radical (unpaired) electrons.